The molecule has 0 aromatic carbocycles. The highest BCUT2D eigenvalue weighted by Gasteiger charge is 2.30. The fourth-order valence-corrected chi connectivity index (χ4v) is 1.82. The molecule has 1 heterocycles. The summed E-state index contributed by atoms with van der Waals surface area (Å²) in [5.74, 6) is -0.0300. The van der Waals surface area contributed by atoms with Crippen LogP contribution in [0.5, 0.6) is 0 Å². The number of rotatable bonds is 2. The Morgan fingerprint density at radius 3 is 2.69 bits per heavy atom. The minimum absolute atomic E-state index is 0.0300. The topological polar surface area (TPSA) is 12.5 Å². The first-order valence-corrected chi connectivity index (χ1v) is 4.63. The molecule has 1 fully saturated rings. The van der Waals surface area contributed by atoms with Crippen LogP contribution in [0.25, 0.3) is 0 Å². The van der Waals surface area contributed by atoms with Crippen molar-refractivity contribution in [2.75, 3.05) is 20.7 Å². The number of hydrogen-bond donors (Lipinski definition) is 0. The molecule has 76 valence electrons. The molecule has 0 amide bonds. The summed E-state index contributed by atoms with van der Waals surface area (Å²) in [7, 11) is 3.71. The van der Waals surface area contributed by atoms with Crippen molar-refractivity contribution in [3.8, 4) is 0 Å². The minimum Gasteiger partial charge on any atom is -0.380 e. The molecule has 2 nitrogen and oxygen atoms in total. The van der Waals surface area contributed by atoms with Gasteiger partial charge < -0.3 is 4.74 Å². The summed E-state index contributed by atoms with van der Waals surface area (Å²) in [4.78, 5) is 2.15. The first-order chi connectivity index (χ1) is 6.06. The monoisotopic (exact) mass is 187 g/mol. The van der Waals surface area contributed by atoms with E-state index in [2.05, 4.69) is 4.90 Å². The number of likely N-dealkylation sites (N-methyl/N-ethyl adjacent to an activating group) is 1. The summed E-state index contributed by atoms with van der Waals surface area (Å²) in [5.41, 5.74) is 0.913. The second-order valence-electron chi connectivity index (χ2n) is 3.76. The lowest BCUT2D eigenvalue weighted by atomic mass is 10.1. The van der Waals surface area contributed by atoms with Crippen LogP contribution < -0.4 is 0 Å². The Kier molecular flexibility index (Phi) is 3.45. The predicted molar refractivity (Wildman–Crippen MR) is 51.3 cm³/mol. The van der Waals surface area contributed by atoms with E-state index in [1.807, 2.05) is 14.0 Å². The third kappa shape index (κ3) is 2.29. The van der Waals surface area contributed by atoms with Crippen molar-refractivity contribution in [3.05, 3.63) is 11.4 Å². The van der Waals surface area contributed by atoms with Gasteiger partial charge in [-0.2, -0.15) is 0 Å². The van der Waals surface area contributed by atoms with Crippen LogP contribution in [0.3, 0.4) is 0 Å². The van der Waals surface area contributed by atoms with Crippen molar-refractivity contribution in [2.45, 2.75) is 32.4 Å². The smallest absolute Gasteiger partial charge is 0.0974 e. The zero-order valence-electron chi connectivity index (χ0n) is 8.80. The van der Waals surface area contributed by atoms with Crippen molar-refractivity contribution in [1.29, 1.82) is 0 Å². The molecule has 3 heteroatoms. The normalized spacial score (nSPS) is 30.7. The number of ether oxygens (including phenoxy) is 1. The van der Waals surface area contributed by atoms with E-state index >= 15 is 0 Å². The Balaban J connectivity index is 2.67. The van der Waals surface area contributed by atoms with Crippen LogP contribution in [0.15, 0.2) is 11.4 Å². The van der Waals surface area contributed by atoms with Crippen LogP contribution in [-0.4, -0.2) is 37.7 Å². The molecule has 13 heavy (non-hydrogen) atoms. The molecular weight excluding hydrogens is 169 g/mol. The molecule has 0 saturated carbocycles. The highest BCUT2D eigenvalue weighted by molar-refractivity contribution is 5.16. The van der Waals surface area contributed by atoms with E-state index in [0.29, 0.717) is 6.04 Å². The van der Waals surface area contributed by atoms with Crippen LogP contribution in [0, 0.1) is 0 Å². The second kappa shape index (κ2) is 4.20. The fourth-order valence-electron chi connectivity index (χ4n) is 1.82. The Bertz CT molecular complexity index is 211. The molecule has 1 aliphatic rings. The summed E-state index contributed by atoms with van der Waals surface area (Å²) in [5, 5.41) is 0. The van der Waals surface area contributed by atoms with Gasteiger partial charge in [0.25, 0.3) is 0 Å². The highest BCUT2D eigenvalue weighted by Crippen LogP contribution is 2.26. The minimum atomic E-state index is -0.0300. The first kappa shape index (κ1) is 10.7. The van der Waals surface area contributed by atoms with Crippen molar-refractivity contribution in [1.82, 2.24) is 4.90 Å². The standard InChI is InChI=1S/C10H18FNO/c1-7(11)9-5-10(8(2)13-4)12(3)6-9/h8,10H,5-6H2,1-4H3/b9-7-. The van der Waals surface area contributed by atoms with E-state index in [0.717, 1.165) is 18.5 Å². The van der Waals surface area contributed by atoms with Gasteiger partial charge in [0.1, 0.15) is 0 Å². The maximum atomic E-state index is 12.9. The Morgan fingerprint density at radius 1 is 1.69 bits per heavy atom. The van der Waals surface area contributed by atoms with Crippen LogP contribution in [0.1, 0.15) is 20.3 Å². The van der Waals surface area contributed by atoms with Crippen LogP contribution in [-0.2, 0) is 4.74 Å². The van der Waals surface area contributed by atoms with Gasteiger partial charge in [-0.15, -0.1) is 0 Å². The molecule has 1 saturated heterocycles. The molecular formula is C10H18FNO. The van der Waals surface area contributed by atoms with Gasteiger partial charge in [0, 0.05) is 19.7 Å². The van der Waals surface area contributed by atoms with Crippen LogP contribution in [0.4, 0.5) is 4.39 Å². The number of allylic oxidation sites excluding steroid dienone is 1. The number of methoxy groups -OCH3 is 1. The Labute approximate surface area is 79.4 Å². The molecule has 0 aliphatic carbocycles. The Hall–Kier alpha value is -0.410. The molecule has 0 bridgehead atoms. The van der Waals surface area contributed by atoms with Crippen molar-refractivity contribution in [3.63, 3.8) is 0 Å². The number of halogens is 1. The second-order valence-corrected chi connectivity index (χ2v) is 3.76. The lowest BCUT2D eigenvalue weighted by molar-refractivity contribution is 0.0532. The first-order valence-electron chi connectivity index (χ1n) is 4.63. The lowest BCUT2D eigenvalue weighted by Crippen LogP contribution is -2.35. The van der Waals surface area contributed by atoms with E-state index in [4.69, 9.17) is 4.74 Å². The molecule has 0 spiro atoms. The van der Waals surface area contributed by atoms with E-state index in [-0.39, 0.29) is 11.9 Å². The maximum absolute atomic E-state index is 12.9. The molecule has 0 aromatic heterocycles. The quantitative estimate of drug-likeness (QED) is 0.655. The maximum Gasteiger partial charge on any atom is 0.0974 e. The lowest BCUT2D eigenvalue weighted by Gasteiger charge is -2.24. The number of hydrogen-bond acceptors (Lipinski definition) is 2. The van der Waals surface area contributed by atoms with Gasteiger partial charge in [-0.25, -0.2) is 4.39 Å². The van der Waals surface area contributed by atoms with E-state index in [1.165, 1.54) is 6.92 Å². The van der Waals surface area contributed by atoms with Gasteiger partial charge in [0.15, 0.2) is 0 Å². The summed E-state index contributed by atoms with van der Waals surface area (Å²) in [6.45, 7) is 4.29. The van der Waals surface area contributed by atoms with Crippen LogP contribution >= 0.6 is 0 Å². The molecule has 1 aliphatic heterocycles. The zero-order chi connectivity index (χ0) is 10.0. The average Bonchev–Trinajstić information content (AvgIpc) is 2.46. The third-order valence-electron chi connectivity index (χ3n) is 2.86. The van der Waals surface area contributed by atoms with Crippen molar-refractivity contribution in [2.24, 2.45) is 0 Å². The SMILES string of the molecule is COC(C)C1C/C(=C(\C)F)CN1C. The van der Waals surface area contributed by atoms with Gasteiger partial charge in [0.05, 0.1) is 11.9 Å². The number of nitrogens with zero attached hydrogens (tertiary/aromatic N) is 1. The molecule has 2 unspecified atom stereocenters. The van der Waals surface area contributed by atoms with Gasteiger partial charge in [-0.3, -0.25) is 4.90 Å². The molecule has 0 aromatic rings. The average molecular weight is 187 g/mol. The van der Waals surface area contributed by atoms with Crippen LogP contribution in [0.2, 0.25) is 0 Å². The fraction of sp³-hybridized carbons (Fsp3) is 0.800. The van der Waals surface area contributed by atoms with Crippen molar-refractivity contribution >= 4 is 0 Å². The Morgan fingerprint density at radius 2 is 2.31 bits per heavy atom. The summed E-state index contributed by atoms with van der Waals surface area (Å²) in [6, 6.07) is 0.325. The van der Waals surface area contributed by atoms with Gasteiger partial charge in [0.2, 0.25) is 0 Å². The molecule has 0 N–H and O–H groups in total. The van der Waals surface area contributed by atoms with E-state index in [1.54, 1.807) is 7.11 Å². The molecule has 1 rings (SSSR count). The summed E-state index contributed by atoms with van der Waals surface area (Å²) in [6.07, 6.45) is 0.968. The van der Waals surface area contributed by atoms with Crippen molar-refractivity contribution < 1.29 is 9.13 Å². The zero-order valence-corrected chi connectivity index (χ0v) is 8.80. The van der Waals surface area contributed by atoms with E-state index in [9.17, 15) is 4.39 Å². The highest BCUT2D eigenvalue weighted by atomic mass is 19.1. The summed E-state index contributed by atoms with van der Waals surface area (Å²) < 4.78 is 18.2. The van der Waals surface area contributed by atoms with Gasteiger partial charge in [-0.05, 0) is 32.9 Å². The van der Waals surface area contributed by atoms with Gasteiger partial charge >= 0.3 is 0 Å². The third-order valence-corrected chi connectivity index (χ3v) is 2.86. The molecule has 0 radical (unpaired) electrons. The predicted octanol–water partition coefficient (Wildman–Crippen LogP) is 1.97. The van der Waals surface area contributed by atoms with Gasteiger partial charge in [-0.1, -0.05) is 0 Å². The summed E-state index contributed by atoms with van der Waals surface area (Å²) >= 11 is 0. The van der Waals surface area contributed by atoms with E-state index < -0.39 is 0 Å². The largest absolute Gasteiger partial charge is 0.380 e. The number of likely N-dealkylation sites (tertiary alicyclic amines) is 1. The molecule has 2 atom stereocenters.